The van der Waals surface area contributed by atoms with Gasteiger partial charge in [0.2, 0.25) is 0 Å². The molecule has 0 saturated heterocycles. The van der Waals surface area contributed by atoms with Crippen molar-refractivity contribution in [3.8, 4) is 23.0 Å². The third kappa shape index (κ3) is 3.96. The van der Waals surface area contributed by atoms with E-state index in [1.807, 2.05) is 6.92 Å². The van der Waals surface area contributed by atoms with E-state index in [1.165, 1.54) is 0 Å². The third-order valence-corrected chi connectivity index (χ3v) is 3.69. The first-order chi connectivity index (χ1) is 12.2. The van der Waals surface area contributed by atoms with E-state index >= 15 is 0 Å². The molecule has 1 amide bonds. The van der Waals surface area contributed by atoms with Crippen LogP contribution < -0.4 is 24.3 Å². The van der Waals surface area contributed by atoms with Gasteiger partial charge in [0, 0.05) is 17.3 Å². The molecule has 0 bridgehead atoms. The quantitative estimate of drug-likeness (QED) is 0.869. The largest absolute Gasteiger partial charge is 0.493 e. The lowest BCUT2D eigenvalue weighted by atomic mass is 10.1. The zero-order valence-electron chi connectivity index (χ0n) is 14.3. The highest BCUT2D eigenvalue weighted by molar-refractivity contribution is 6.04. The van der Waals surface area contributed by atoms with E-state index in [4.69, 9.17) is 18.9 Å². The van der Waals surface area contributed by atoms with Gasteiger partial charge in [-0.05, 0) is 36.8 Å². The van der Waals surface area contributed by atoms with E-state index in [9.17, 15) is 4.79 Å². The molecule has 3 rings (SSSR count). The molecule has 2 aromatic rings. The molecule has 25 heavy (non-hydrogen) atoms. The fourth-order valence-corrected chi connectivity index (χ4v) is 2.46. The van der Waals surface area contributed by atoms with Crippen molar-refractivity contribution < 1.29 is 23.7 Å². The molecule has 1 aliphatic rings. The highest BCUT2D eigenvalue weighted by Crippen LogP contribution is 2.33. The molecule has 6 nitrogen and oxygen atoms in total. The summed E-state index contributed by atoms with van der Waals surface area (Å²) in [7, 11) is 1.55. The van der Waals surface area contributed by atoms with Crippen molar-refractivity contribution in [1.82, 2.24) is 0 Å². The lowest BCUT2D eigenvalue weighted by Crippen LogP contribution is -2.16. The molecule has 0 unspecified atom stereocenters. The lowest BCUT2D eigenvalue weighted by Gasteiger charge is -2.19. The number of fused-ring (bicyclic) bond motifs is 1. The van der Waals surface area contributed by atoms with Crippen LogP contribution in [0.4, 0.5) is 5.69 Å². The number of ether oxygens (including phenoxy) is 4. The van der Waals surface area contributed by atoms with Crippen molar-refractivity contribution in [3.05, 3.63) is 42.0 Å². The van der Waals surface area contributed by atoms with Gasteiger partial charge in [0.1, 0.15) is 13.2 Å². The average Bonchev–Trinajstić information content (AvgIpc) is 2.66. The Labute approximate surface area is 146 Å². The SMILES string of the molecule is CCCOc1ccc(C(=O)Nc2ccc3c(c2)OCCO3)cc1OC. The Morgan fingerprint density at radius 3 is 2.64 bits per heavy atom. The first-order valence-electron chi connectivity index (χ1n) is 8.23. The van der Waals surface area contributed by atoms with Gasteiger partial charge in [-0.3, -0.25) is 4.79 Å². The molecule has 6 heteroatoms. The molecule has 2 aromatic carbocycles. The summed E-state index contributed by atoms with van der Waals surface area (Å²) in [5.41, 5.74) is 1.12. The van der Waals surface area contributed by atoms with Crippen LogP contribution in [0.15, 0.2) is 36.4 Å². The molecule has 0 spiro atoms. The van der Waals surface area contributed by atoms with Crippen LogP contribution in [0.3, 0.4) is 0 Å². The molecule has 0 atom stereocenters. The summed E-state index contributed by atoms with van der Waals surface area (Å²) in [5.74, 6) is 2.23. The smallest absolute Gasteiger partial charge is 0.255 e. The van der Waals surface area contributed by atoms with Gasteiger partial charge < -0.3 is 24.3 Å². The summed E-state index contributed by atoms with van der Waals surface area (Å²) in [6.45, 7) is 3.66. The number of anilines is 1. The zero-order valence-corrected chi connectivity index (χ0v) is 14.3. The van der Waals surface area contributed by atoms with Gasteiger partial charge in [-0.25, -0.2) is 0 Å². The minimum Gasteiger partial charge on any atom is -0.493 e. The highest BCUT2D eigenvalue weighted by Gasteiger charge is 2.15. The number of methoxy groups -OCH3 is 1. The van der Waals surface area contributed by atoms with Crippen molar-refractivity contribution in [2.24, 2.45) is 0 Å². The first kappa shape index (κ1) is 17.0. The molecule has 1 aliphatic heterocycles. The van der Waals surface area contributed by atoms with Crippen molar-refractivity contribution in [1.29, 1.82) is 0 Å². The topological polar surface area (TPSA) is 66.0 Å². The second kappa shape index (κ2) is 7.79. The standard InChI is InChI=1S/C19H21NO5/c1-3-8-23-15-6-4-13(11-17(15)22-2)19(21)20-14-5-7-16-18(12-14)25-10-9-24-16/h4-7,11-12H,3,8-10H2,1-2H3,(H,20,21). The lowest BCUT2D eigenvalue weighted by molar-refractivity contribution is 0.102. The van der Waals surface area contributed by atoms with Crippen LogP contribution in [-0.4, -0.2) is 32.8 Å². The molecule has 0 fully saturated rings. The van der Waals surface area contributed by atoms with Crippen LogP contribution in [-0.2, 0) is 0 Å². The van der Waals surface area contributed by atoms with E-state index in [0.717, 1.165) is 6.42 Å². The second-order valence-corrected chi connectivity index (χ2v) is 5.53. The summed E-state index contributed by atoms with van der Waals surface area (Å²) in [5, 5.41) is 2.85. The Hall–Kier alpha value is -2.89. The van der Waals surface area contributed by atoms with Gasteiger partial charge in [0.15, 0.2) is 23.0 Å². The highest BCUT2D eigenvalue weighted by atomic mass is 16.6. The number of benzene rings is 2. The van der Waals surface area contributed by atoms with Gasteiger partial charge >= 0.3 is 0 Å². The molecule has 0 aliphatic carbocycles. The Bertz CT molecular complexity index is 759. The van der Waals surface area contributed by atoms with Gasteiger partial charge in [-0.2, -0.15) is 0 Å². The van der Waals surface area contributed by atoms with Crippen LogP contribution in [0.1, 0.15) is 23.7 Å². The van der Waals surface area contributed by atoms with Crippen LogP contribution >= 0.6 is 0 Å². The van der Waals surface area contributed by atoms with Crippen LogP contribution in [0, 0.1) is 0 Å². The molecule has 0 aromatic heterocycles. The fourth-order valence-electron chi connectivity index (χ4n) is 2.46. The first-order valence-corrected chi connectivity index (χ1v) is 8.23. The number of carbonyl (C=O) groups excluding carboxylic acids is 1. The number of rotatable bonds is 6. The summed E-state index contributed by atoms with van der Waals surface area (Å²) in [4.78, 5) is 12.5. The van der Waals surface area contributed by atoms with Crippen molar-refractivity contribution in [2.45, 2.75) is 13.3 Å². The Kier molecular flexibility index (Phi) is 5.28. The van der Waals surface area contributed by atoms with Crippen LogP contribution in [0.5, 0.6) is 23.0 Å². The van der Waals surface area contributed by atoms with Gasteiger partial charge in [0.05, 0.1) is 13.7 Å². The average molecular weight is 343 g/mol. The number of hydrogen-bond donors (Lipinski definition) is 1. The van der Waals surface area contributed by atoms with E-state index < -0.39 is 0 Å². The summed E-state index contributed by atoms with van der Waals surface area (Å²) < 4.78 is 21.9. The predicted molar refractivity (Wildman–Crippen MR) is 94.2 cm³/mol. The maximum Gasteiger partial charge on any atom is 0.255 e. The molecule has 0 radical (unpaired) electrons. The Morgan fingerprint density at radius 2 is 1.88 bits per heavy atom. The van der Waals surface area contributed by atoms with Crippen molar-refractivity contribution in [2.75, 3.05) is 32.2 Å². The van der Waals surface area contributed by atoms with Gasteiger partial charge in [-0.1, -0.05) is 6.92 Å². The second-order valence-electron chi connectivity index (χ2n) is 5.53. The normalized spacial score (nSPS) is 12.4. The Balaban J connectivity index is 1.74. The summed E-state index contributed by atoms with van der Waals surface area (Å²) >= 11 is 0. The van der Waals surface area contributed by atoms with E-state index in [0.29, 0.717) is 54.1 Å². The molecular formula is C19H21NO5. The van der Waals surface area contributed by atoms with E-state index in [-0.39, 0.29) is 5.91 Å². The molecule has 1 heterocycles. The third-order valence-electron chi connectivity index (χ3n) is 3.69. The van der Waals surface area contributed by atoms with E-state index in [2.05, 4.69) is 5.32 Å². The zero-order chi connectivity index (χ0) is 17.6. The van der Waals surface area contributed by atoms with Crippen molar-refractivity contribution in [3.63, 3.8) is 0 Å². The van der Waals surface area contributed by atoms with Crippen LogP contribution in [0.2, 0.25) is 0 Å². The minimum absolute atomic E-state index is 0.239. The molecule has 1 N–H and O–H groups in total. The van der Waals surface area contributed by atoms with Gasteiger partial charge in [0.25, 0.3) is 5.91 Å². The maximum absolute atomic E-state index is 12.5. The summed E-state index contributed by atoms with van der Waals surface area (Å²) in [6, 6.07) is 10.4. The number of nitrogens with one attached hydrogen (secondary N) is 1. The molecule has 0 saturated carbocycles. The molecule has 132 valence electrons. The maximum atomic E-state index is 12.5. The fraction of sp³-hybridized carbons (Fsp3) is 0.316. The Morgan fingerprint density at radius 1 is 1.08 bits per heavy atom. The monoisotopic (exact) mass is 343 g/mol. The van der Waals surface area contributed by atoms with E-state index in [1.54, 1.807) is 43.5 Å². The molecular weight excluding hydrogens is 322 g/mol. The van der Waals surface area contributed by atoms with Gasteiger partial charge in [-0.15, -0.1) is 0 Å². The predicted octanol–water partition coefficient (Wildman–Crippen LogP) is 3.51. The minimum atomic E-state index is -0.239. The number of carbonyl (C=O) groups is 1. The van der Waals surface area contributed by atoms with Crippen LogP contribution in [0.25, 0.3) is 0 Å². The number of hydrogen-bond acceptors (Lipinski definition) is 5. The number of amides is 1. The van der Waals surface area contributed by atoms with Crippen molar-refractivity contribution >= 4 is 11.6 Å². The summed E-state index contributed by atoms with van der Waals surface area (Å²) in [6.07, 6.45) is 0.898.